The predicted octanol–water partition coefficient (Wildman–Crippen LogP) is 4.31. The number of aromatic nitrogens is 2. The molecular formula is C23H28N4O. The third-order valence-corrected chi connectivity index (χ3v) is 5.56. The van der Waals surface area contributed by atoms with Gasteiger partial charge in [0.25, 0.3) is 0 Å². The maximum Gasteiger partial charge on any atom is 0.241 e. The summed E-state index contributed by atoms with van der Waals surface area (Å²) in [6.45, 7) is 9.23. The molecule has 1 fully saturated rings. The minimum atomic E-state index is 0.500. The fraction of sp³-hybridized carbons (Fsp3) is 0.391. The first kappa shape index (κ1) is 18.8. The summed E-state index contributed by atoms with van der Waals surface area (Å²) in [7, 11) is 0. The van der Waals surface area contributed by atoms with E-state index >= 15 is 0 Å². The third kappa shape index (κ3) is 4.32. The van der Waals surface area contributed by atoms with Crippen molar-refractivity contribution in [2.45, 2.75) is 32.9 Å². The molecule has 0 amide bonds. The fourth-order valence-electron chi connectivity index (χ4n) is 3.94. The highest BCUT2D eigenvalue weighted by Gasteiger charge is 2.24. The van der Waals surface area contributed by atoms with Gasteiger partial charge in [-0.25, -0.2) is 0 Å². The number of rotatable bonds is 6. The number of nitrogens with zero attached hydrogens (tertiary/aromatic N) is 4. The van der Waals surface area contributed by atoms with Gasteiger partial charge in [0, 0.05) is 37.8 Å². The molecule has 3 aromatic rings. The highest BCUT2D eigenvalue weighted by atomic mass is 16.5. The summed E-state index contributed by atoms with van der Waals surface area (Å²) >= 11 is 0. The zero-order chi connectivity index (χ0) is 19.3. The van der Waals surface area contributed by atoms with Crippen LogP contribution in [0.5, 0.6) is 0 Å². The van der Waals surface area contributed by atoms with Gasteiger partial charge in [0.15, 0.2) is 0 Å². The highest BCUT2D eigenvalue weighted by molar-refractivity contribution is 5.54. The Hall–Kier alpha value is -2.50. The van der Waals surface area contributed by atoms with Gasteiger partial charge in [-0.1, -0.05) is 72.2 Å². The Kier molecular flexibility index (Phi) is 5.84. The number of hydrogen-bond donors (Lipinski definition) is 0. The van der Waals surface area contributed by atoms with Gasteiger partial charge in [-0.2, -0.15) is 4.98 Å². The summed E-state index contributed by atoms with van der Waals surface area (Å²) in [6.07, 6.45) is 1.13. The number of hydrogen-bond acceptors (Lipinski definition) is 5. The van der Waals surface area contributed by atoms with Crippen LogP contribution in [0.2, 0.25) is 0 Å². The van der Waals surface area contributed by atoms with Crippen molar-refractivity contribution < 1.29 is 4.52 Å². The van der Waals surface area contributed by atoms with Gasteiger partial charge in [-0.3, -0.25) is 9.80 Å². The Bertz CT molecular complexity index is 867. The topological polar surface area (TPSA) is 45.4 Å². The third-order valence-electron chi connectivity index (χ3n) is 5.56. The molecule has 1 aromatic heterocycles. The Morgan fingerprint density at radius 3 is 2.36 bits per heavy atom. The maximum absolute atomic E-state index is 5.50. The van der Waals surface area contributed by atoms with Crippen LogP contribution in [-0.4, -0.2) is 46.1 Å². The standard InChI is InChI=1S/C23H28N4O/c1-3-21(19-7-5-4-6-8-19)27-15-13-26(14-16-27)17-22-24-23(25-28-22)20-11-9-18(2)10-12-20/h4-12,21H,3,13-17H2,1-2H3. The largest absolute Gasteiger partial charge is 0.338 e. The first-order chi connectivity index (χ1) is 13.7. The van der Waals surface area contributed by atoms with E-state index in [-0.39, 0.29) is 0 Å². The normalized spacial score (nSPS) is 16.9. The first-order valence-corrected chi connectivity index (χ1v) is 10.1. The smallest absolute Gasteiger partial charge is 0.241 e. The van der Waals surface area contributed by atoms with Crippen LogP contribution in [0.1, 0.15) is 36.4 Å². The van der Waals surface area contributed by atoms with E-state index in [1.54, 1.807) is 0 Å². The van der Waals surface area contributed by atoms with Crippen molar-refractivity contribution in [3.63, 3.8) is 0 Å². The van der Waals surface area contributed by atoms with Crippen LogP contribution in [0.25, 0.3) is 11.4 Å². The van der Waals surface area contributed by atoms with E-state index in [1.165, 1.54) is 11.1 Å². The molecule has 1 saturated heterocycles. The molecule has 1 aliphatic rings. The Balaban J connectivity index is 1.34. The lowest BCUT2D eigenvalue weighted by Gasteiger charge is -2.38. The molecule has 1 aliphatic heterocycles. The Morgan fingerprint density at radius 1 is 0.964 bits per heavy atom. The highest BCUT2D eigenvalue weighted by Crippen LogP contribution is 2.25. The molecule has 0 aliphatic carbocycles. The van der Waals surface area contributed by atoms with Crippen LogP contribution in [-0.2, 0) is 6.54 Å². The molecule has 5 nitrogen and oxygen atoms in total. The van der Waals surface area contributed by atoms with Gasteiger partial charge in [-0.05, 0) is 18.9 Å². The van der Waals surface area contributed by atoms with Gasteiger partial charge in [0.2, 0.25) is 11.7 Å². The van der Waals surface area contributed by atoms with E-state index < -0.39 is 0 Å². The minimum Gasteiger partial charge on any atom is -0.338 e. The zero-order valence-electron chi connectivity index (χ0n) is 16.7. The zero-order valence-corrected chi connectivity index (χ0v) is 16.7. The molecule has 5 heteroatoms. The van der Waals surface area contributed by atoms with Crippen molar-refractivity contribution in [2.75, 3.05) is 26.2 Å². The fourth-order valence-corrected chi connectivity index (χ4v) is 3.94. The molecule has 1 unspecified atom stereocenters. The summed E-state index contributed by atoms with van der Waals surface area (Å²) in [5.74, 6) is 1.36. The number of benzene rings is 2. The lowest BCUT2D eigenvalue weighted by molar-refractivity contribution is 0.0830. The van der Waals surface area contributed by atoms with Gasteiger partial charge >= 0.3 is 0 Å². The van der Waals surface area contributed by atoms with Gasteiger partial charge in [0.05, 0.1) is 6.54 Å². The molecular weight excluding hydrogens is 348 g/mol. The second-order valence-electron chi connectivity index (χ2n) is 7.52. The quantitative estimate of drug-likeness (QED) is 0.641. The Morgan fingerprint density at radius 2 is 1.68 bits per heavy atom. The SMILES string of the molecule is CCC(c1ccccc1)N1CCN(Cc2nc(-c3ccc(C)cc3)no2)CC1. The summed E-state index contributed by atoms with van der Waals surface area (Å²) in [4.78, 5) is 9.59. The summed E-state index contributed by atoms with van der Waals surface area (Å²) in [5, 5.41) is 4.15. The predicted molar refractivity (Wildman–Crippen MR) is 111 cm³/mol. The average Bonchev–Trinajstić information content (AvgIpc) is 3.20. The molecule has 146 valence electrons. The Labute approximate surface area is 167 Å². The van der Waals surface area contributed by atoms with Crippen molar-refractivity contribution in [1.82, 2.24) is 19.9 Å². The van der Waals surface area contributed by atoms with Crippen molar-refractivity contribution in [3.05, 3.63) is 71.6 Å². The van der Waals surface area contributed by atoms with E-state index in [9.17, 15) is 0 Å². The van der Waals surface area contributed by atoms with Crippen LogP contribution in [0.4, 0.5) is 0 Å². The van der Waals surface area contributed by atoms with E-state index in [2.05, 4.69) is 76.3 Å². The van der Waals surface area contributed by atoms with Crippen LogP contribution in [0.15, 0.2) is 59.1 Å². The van der Waals surface area contributed by atoms with Crippen LogP contribution in [0.3, 0.4) is 0 Å². The molecule has 0 saturated carbocycles. The molecule has 2 heterocycles. The summed E-state index contributed by atoms with van der Waals surface area (Å²) in [5.41, 5.74) is 3.64. The van der Waals surface area contributed by atoms with Gasteiger partial charge in [-0.15, -0.1) is 0 Å². The molecule has 0 radical (unpaired) electrons. The second kappa shape index (κ2) is 8.67. The van der Waals surface area contributed by atoms with Crippen molar-refractivity contribution >= 4 is 0 Å². The second-order valence-corrected chi connectivity index (χ2v) is 7.52. The summed E-state index contributed by atoms with van der Waals surface area (Å²) < 4.78 is 5.50. The van der Waals surface area contributed by atoms with Crippen molar-refractivity contribution in [3.8, 4) is 11.4 Å². The molecule has 2 aromatic carbocycles. The lowest BCUT2D eigenvalue weighted by Crippen LogP contribution is -2.47. The van der Waals surface area contributed by atoms with E-state index in [0.717, 1.165) is 44.7 Å². The van der Waals surface area contributed by atoms with Crippen LogP contribution in [0, 0.1) is 6.92 Å². The number of aryl methyl sites for hydroxylation is 1. The maximum atomic E-state index is 5.50. The minimum absolute atomic E-state index is 0.500. The monoisotopic (exact) mass is 376 g/mol. The summed E-state index contributed by atoms with van der Waals surface area (Å²) in [6, 6.07) is 19.6. The van der Waals surface area contributed by atoms with E-state index in [4.69, 9.17) is 4.52 Å². The average molecular weight is 377 g/mol. The number of piperazine rings is 1. The van der Waals surface area contributed by atoms with Gasteiger partial charge < -0.3 is 4.52 Å². The molecule has 0 bridgehead atoms. The molecule has 28 heavy (non-hydrogen) atoms. The van der Waals surface area contributed by atoms with Crippen molar-refractivity contribution in [1.29, 1.82) is 0 Å². The molecule has 0 spiro atoms. The van der Waals surface area contributed by atoms with E-state index in [0.29, 0.717) is 17.8 Å². The molecule has 0 N–H and O–H groups in total. The molecule has 4 rings (SSSR count). The lowest BCUT2D eigenvalue weighted by atomic mass is 10.0. The first-order valence-electron chi connectivity index (χ1n) is 10.1. The van der Waals surface area contributed by atoms with Crippen LogP contribution >= 0.6 is 0 Å². The van der Waals surface area contributed by atoms with E-state index in [1.807, 2.05) is 12.1 Å². The molecule has 1 atom stereocenters. The van der Waals surface area contributed by atoms with Crippen LogP contribution < -0.4 is 0 Å². The van der Waals surface area contributed by atoms with Crippen molar-refractivity contribution in [2.24, 2.45) is 0 Å². The van der Waals surface area contributed by atoms with Gasteiger partial charge in [0.1, 0.15) is 0 Å².